The number of nitrogens with one attached hydrogen (secondary N) is 2. The molecule has 30 heavy (non-hydrogen) atoms. The van der Waals surface area contributed by atoms with Crippen molar-refractivity contribution in [2.75, 3.05) is 14.2 Å². The Labute approximate surface area is 178 Å². The minimum absolute atomic E-state index is 0.0294. The molecule has 1 saturated heterocycles. The highest BCUT2D eigenvalue weighted by Crippen LogP contribution is 2.47. The zero-order valence-electron chi connectivity index (χ0n) is 15.6. The first-order valence-electron chi connectivity index (χ1n) is 8.44. The van der Waals surface area contributed by atoms with Gasteiger partial charge in [0.1, 0.15) is 5.92 Å². The Balaban J connectivity index is 2.22. The number of thiophene rings is 1. The number of thiocarbonyl (C=S) groups is 1. The van der Waals surface area contributed by atoms with Gasteiger partial charge in [-0.2, -0.15) is 13.2 Å². The van der Waals surface area contributed by atoms with Crippen LogP contribution in [0.15, 0.2) is 29.6 Å². The van der Waals surface area contributed by atoms with Gasteiger partial charge in [-0.15, -0.1) is 11.3 Å². The largest absolute Gasteiger partial charge is 0.502 e. The fraction of sp³-hybridized carbons (Fsp3) is 0.333. The lowest BCUT2D eigenvalue weighted by Crippen LogP contribution is -2.72. The van der Waals surface area contributed by atoms with Gasteiger partial charge < -0.3 is 30.3 Å². The fourth-order valence-corrected chi connectivity index (χ4v) is 4.27. The molecule has 2 aromatic rings. The number of benzene rings is 1. The number of rotatable bonds is 5. The van der Waals surface area contributed by atoms with Crippen LogP contribution in [-0.2, 0) is 0 Å². The highest BCUT2D eigenvalue weighted by molar-refractivity contribution is 7.80. The lowest BCUT2D eigenvalue weighted by atomic mass is 9.78. The van der Waals surface area contributed by atoms with E-state index < -0.39 is 34.8 Å². The number of methoxy groups -OCH3 is 2. The average molecular weight is 462 g/mol. The molecule has 3 atom stereocenters. The van der Waals surface area contributed by atoms with E-state index in [-0.39, 0.29) is 27.7 Å². The highest BCUT2D eigenvalue weighted by atomic mass is 32.1. The number of halogens is 3. The molecule has 0 unspecified atom stereocenters. The van der Waals surface area contributed by atoms with E-state index in [1.54, 1.807) is 0 Å². The molecule has 162 valence electrons. The first kappa shape index (κ1) is 22.1. The third-order valence-corrected chi connectivity index (χ3v) is 5.82. The topological polar surface area (TPSA) is 100 Å². The number of hydrogen-bond donors (Lipinski definition) is 4. The van der Waals surface area contributed by atoms with Crippen LogP contribution < -0.4 is 20.1 Å². The van der Waals surface area contributed by atoms with Crippen molar-refractivity contribution in [2.45, 2.75) is 17.9 Å². The molecule has 0 bridgehead atoms. The quantitative estimate of drug-likeness (QED) is 0.398. The number of carbonyl (C=O) groups excluding carboxylic acids is 1. The molecule has 0 amide bonds. The number of aliphatic hydroxyl groups is 1. The summed E-state index contributed by atoms with van der Waals surface area (Å²) in [6.07, 6.45) is -5.24. The van der Waals surface area contributed by atoms with Gasteiger partial charge in [-0.3, -0.25) is 4.79 Å². The van der Waals surface area contributed by atoms with Crippen LogP contribution in [0.5, 0.6) is 17.2 Å². The molecule has 3 rings (SSSR count). The molecular weight excluding hydrogens is 445 g/mol. The third kappa shape index (κ3) is 3.66. The number of hydrogen-bond acceptors (Lipinski definition) is 7. The number of alkyl halides is 3. The summed E-state index contributed by atoms with van der Waals surface area (Å²) in [6, 6.07) is 3.96. The Kier molecular flexibility index (Phi) is 5.85. The number of ether oxygens (including phenoxy) is 2. The molecule has 0 spiro atoms. The van der Waals surface area contributed by atoms with Crippen LogP contribution in [0.1, 0.15) is 21.3 Å². The van der Waals surface area contributed by atoms with Crippen LogP contribution in [0.25, 0.3) is 0 Å². The van der Waals surface area contributed by atoms with Crippen LogP contribution >= 0.6 is 23.6 Å². The molecule has 1 aromatic carbocycles. The molecule has 0 saturated carbocycles. The first-order valence-corrected chi connectivity index (χ1v) is 9.72. The van der Waals surface area contributed by atoms with Gasteiger partial charge in [-0.05, 0) is 41.4 Å². The van der Waals surface area contributed by atoms with Crippen molar-refractivity contribution in [3.05, 3.63) is 40.1 Å². The van der Waals surface area contributed by atoms with E-state index >= 15 is 0 Å². The summed E-state index contributed by atoms with van der Waals surface area (Å²) in [5.41, 5.74) is -3.55. The Hall–Kier alpha value is -2.57. The van der Waals surface area contributed by atoms with Gasteiger partial charge in [-0.25, -0.2) is 0 Å². The Morgan fingerprint density at radius 3 is 2.33 bits per heavy atom. The van der Waals surface area contributed by atoms with Gasteiger partial charge in [0.2, 0.25) is 11.5 Å². The summed E-state index contributed by atoms with van der Waals surface area (Å²) in [7, 11) is 2.50. The lowest BCUT2D eigenvalue weighted by molar-refractivity contribution is -0.285. The van der Waals surface area contributed by atoms with Gasteiger partial charge in [0.05, 0.1) is 25.1 Å². The average Bonchev–Trinajstić information content (AvgIpc) is 3.21. The molecule has 1 aromatic heterocycles. The van der Waals surface area contributed by atoms with E-state index in [4.69, 9.17) is 21.7 Å². The number of Topliss-reactive ketones (excluding diaryl/α,β-unsaturated/α-hetero) is 1. The van der Waals surface area contributed by atoms with Crippen molar-refractivity contribution in [3.8, 4) is 17.2 Å². The van der Waals surface area contributed by atoms with E-state index in [2.05, 4.69) is 5.32 Å². The van der Waals surface area contributed by atoms with Crippen LogP contribution in [0, 0.1) is 5.92 Å². The van der Waals surface area contributed by atoms with Crippen molar-refractivity contribution in [2.24, 2.45) is 5.92 Å². The van der Waals surface area contributed by atoms with E-state index in [1.807, 2.05) is 5.32 Å². The van der Waals surface area contributed by atoms with Crippen LogP contribution in [0.4, 0.5) is 13.2 Å². The zero-order chi connectivity index (χ0) is 22.3. The van der Waals surface area contributed by atoms with Gasteiger partial charge >= 0.3 is 6.18 Å². The maximum absolute atomic E-state index is 14.0. The van der Waals surface area contributed by atoms with Gasteiger partial charge in [0.25, 0.3) is 0 Å². The van der Waals surface area contributed by atoms with Gasteiger partial charge in [-0.1, -0.05) is 6.07 Å². The van der Waals surface area contributed by atoms with Crippen LogP contribution in [0.3, 0.4) is 0 Å². The molecule has 1 aliphatic heterocycles. The van der Waals surface area contributed by atoms with Crippen molar-refractivity contribution >= 4 is 34.5 Å². The van der Waals surface area contributed by atoms with E-state index in [0.29, 0.717) is 0 Å². The smallest absolute Gasteiger partial charge is 0.437 e. The van der Waals surface area contributed by atoms with Crippen molar-refractivity contribution in [1.29, 1.82) is 0 Å². The molecule has 2 heterocycles. The predicted molar refractivity (Wildman–Crippen MR) is 106 cm³/mol. The van der Waals surface area contributed by atoms with Crippen molar-refractivity contribution < 1.29 is 37.7 Å². The normalized spacial score (nSPS) is 24.0. The van der Waals surface area contributed by atoms with Crippen LogP contribution in [0.2, 0.25) is 0 Å². The zero-order valence-corrected chi connectivity index (χ0v) is 17.2. The van der Waals surface area contributed by atoms with Crippen molar-refractivity contribution in [3.63, 3.8) is 0 Å². The summed E-state index contributed by atoms with van der Waals surface area (Å²) in [4.78, 5) is 13.1. The van der Waals surface area contributed by atoms with Gasteiger partial charge in [0.15, 0.2) is 22.4 Å². The summed E-state index contributed by atoms with van der Waals surface area (Å²) in [5, 5.41) is 26.3. The monoisotopic (exact) mass is 462 g/mol. The van der Waals surface area contributed by atoms with Crippen LogP contribution in [-0.4, -0.2) is 47.2 Å². The second-order valence-electron chi connectivity index (χ2n) is 6.43. The Morgan fingerprint density at radius 1 is 1.27 bits per heavy atom. The maximum atomic E-state index is 14.0. The fourth-order valence-electron chi connectivity index (χ4n) is 3.28. The Morgan fingerprint density at radius 2 is 1.87 bits per heavy atom. The third-order valence-electron chi connectivity index (χ3n) is 4.71. The molecule has 12 heteroatoms. The van der Waals surface area contributed by atoms with Gasteiger partial charge in [0, 0.05) is 0 Å². The number of phenols is 1. The van der Waals surface area contributed by atoms with Crippen molar-refractivity contribution in [1.82, 2.24) is 10.6 Å². The summed E-state index contributed by atoms with van der Waals surface area (Å²) in [5.74, 6) is -3.54. The molecule has 1 aliphatic rings. The minimum Gasteiger partial charge on any atom is -0.502 e. The molecule has 7 nitrogen and oxygen atoms in total. The molecular formula is C18H17F3N2O5S2. The number of aromatic hydroxyl groups is 1. The number of phenolic OH excluding ortho intramolecular Hbond substituents is 1. The standard InChI is InChI=1S/C18H17F3N2O5S2/c1-27-9-6-8(7-10(28-2)14(9)24)13-12(15(25)11-4-3-5-30-11)17(26,18(19,20)21)23-16(29)22-13/h3-7,12-13,24,26H,1-2H3,(H2,22,23,29)/t12-,13+,17-/m1/s1. The SMILES string of the molecule is COc1cc([C@@H]2NC(=S)N[C@](O)(C(F)(F)F)[C@H]2C(=O)c2cccs2)cc(OC)c1O. The van der Waals surface area contributed by atoms with E-state index in [0.717, 1.165) is 11.3 Å². The van der Waals surface area contributed by atoms with E-state index in [1.165, 1.54) is 43.9 Å². The Bertz CT molecular complexity index is 942. The number of ketones is 1. The summed E-state index contributed by atoms with van der Waals surface area (Å²) >= 11 is 5.83. The molecule has 4 N–H and O–H groups in total. The number of carbonyl (C=O) groups is 1. The summed E-state index contributed by atoms with van der Waals surface area (Å²) < 4.78 is 52.0. The molecule has 1 fully saturated rings. The molecule has 0 radical (unpaired) electrons. The second-order valence-corrected chi connectivity index (χ2v) is 7.79. The second kappa shape index (κ2) is 7.93. The minimum atomic E-state index is -5.24. The lowest BCUT2D eigenvalue weighted by Gasteiger charge is -2.46. The van der Waals surface area contributed by atoms with E-state index in [9.17, 15) is 28.2 Å². The molecule has 0 aliphatic carbocycles. The first-order chi connectivity index (χ1) is 14.0. The maximum Gasteiger partial charge on any atom is 0.437 e. The summed E-state index contributed by atoms with van der Waals surface area (Å²) in [6.45, 7) is 0. The highest BCUT2D eigenvalue weighted by Gasteiger charge is 2.66. The predicted octanol–water partition coefficient (Wildman–Crippen LogP) is 2.74.